The normalized spacial score (nSPS) is 10.8. The number of nitro groups is 1. The van der Waals surface area contributed by atoms with E-state index >= 15 is 0 Å². The molecule has 2 aromatic carbocycles. The number of methoxy groups -OCH3 is 1. The second kappa shape index (κ2) is 10.5. The standard InChI is InChI=1S/C23H23N5O7/c1-23(2,12-25-20(29)14-4-7-16(8-5-14)28(32)33)27-22(31)21(30)26-15-6-9-17(18(10-15)34-3)19-11-24-13-35-19/h4-11,13H,12H2,1-3H3,(H,25,29)(H,26,30)(H,27,31). The lowest BCUT2D eigenvalue weighted by Gasteiger charge is -2.26. The first-order valence-corrected chi connectivity index (χ1v) is 10.3. The molecule has 3 rings (SSSR count). The summed E-state index contributed by atoms with van der Waals surface area (Å²) >= 11 is 0. The highest BCUT2D eigenvalue weighted by Crippen LogP contribution is 2.32. The van der Waals surface area contributed by atoms with E-state index in [4.69, 9.17) is 9.15 Å². The van der Waals surface area contributed by atoms with Gasteiger partial charge in [0.2, 0.25) is 0 Å². The first-order valence-electron chi connectivity index (χ1n) is 10.3. The lowest BCUT2D eigenvalue weighted by molar-refractivity contribution is -0.384. The van der Waals surface area contributed by atoms with Crippen LogP contribution in [-0.2, 0) is 9.59 Å². The minimum atomic E-state index is -0.974. The van der Waals surface area contributed by atoms with Crippen LogP contribution in [0.2, 0.25) is 0 Å². The summed E-state index contributed by atoms with van der Waals surface area (Å²) < 4.78 is 10.6. The molecule has 0 aliphatic carbocycles. The van der Waals surface area contributed by atoms with Gasteiger partial charge in [0.1, 0.15) is 5.75 Å². The highest BCUT2D eigenvalue weighted by molar-refractivity contribution is 6.39. The Morgan fingerprint density at radius 3 is 2.43 bits per heavy atom. The second-order valence-electron chi connectivity index (χ2n) is 8.06. The van der Waals surface area contributed by atoms with Gasteiger partial charge < -0.3 is 25.1 Å². The first kappa shape index (κ1) is 24.9. The quantitative estimate of drug-likeness (QED) is 0.251. The SMILES string of the molecule is COc1cc(NC(=O)C(=O)NC(C)(C)CNC(=O)c2ccc([N+](=O)[O-])cc2)ccc1-c1cnco1. The molecular formula is C23H23N5O7. The fraction of sp³-hybridized carbons (Fsp3) is 0.217. The van der Waals surface area contributed by atoms with Crippen LogP contribution >= 0.6 is 0 Å². The summed E-state index contributed by atoms with van der Waals surface area (Å²) in [5, 5.41) is 18.4. The summed E-state index contributed by atoms with van der Waals surface area (Å²) in [6, 6.07) is 9.88. The zero-order valence-corrected chi connectivity index (χ0v) is 19.2. The Kier molecular flexibility index (Phi) is 7.44. The molecule has 1 aromatic heterocycles. The number of anilines is 1. The van der Waals surface area contributed by atoms with Gasteiger partial charge in [0.15, 0.2) is 12.2 Å². The van der Waals surface area contributed by atoms with Crippen molar-refractivity contribution in [2.24, 2.45) is 0 Å². The number of hydrogen-bond acceptors (Lipinski definition) is 8. The molecule has 3 N–H and O–H groups in total. The fourth-order valence-electron chi connectivity index (χ4n) is 3.06. The van der Waals surface area contributed by atoms with Crippen molar-refractivity contribution in [3.05, 3.63) is 70.7 Å². The van der Waals surface area contributed by atoms with Gasteiger partial charge in [-0.2, -0.15) is 0 Å². The number of nitro benzene ring substituents is 1. The van der Waals surface area contributed by atoms with Crippen molar-refractivity contribution in [3.63, 3.8) is 0 Å². The van der Waals surface area contributed by atoms with E-state index in [1.165, 1.54) is 44.0 Å². The van der Waals surface area contributed by atoms with Crippen molar-refractivity contribution >= 4 is 29.1 Å². The zero-order chi connectivity index (χ0) is 25.6. The molecule has 12 nitrogen and oxygen atoms in total. The van der Waals surface area contributed by atoms with Crippen LogP contribution in [0, 0.1) is 10.1 Å². The van der Waals surface area contributed by atoms with Gasteiger partial charge >= 0.3 is 11.8 Å². The number of nitrogens with one attached hydrogen (secondary N) is 3. The number of aromatic nitrogens is 1. The Hall–Kier alpha value is -4.74. The van der Waals surface area contributed by atoms with E-state index in [2.05, 4.69) is 20.9 Å². The largest absolute Gasteiger partial charge is 0.496 e. The smallest absolute Gasteiger partial charge is 0.313 e. The molecule has 0 saturated heterocycles. The van der Waals surface area contributed by atoms with Crippen LogP contribution in [0.5, 0.6) is 5.75 Å². The number of rotatable bonds is 8. The molecule has 0 bridgehead atoms. The molecule has 12 heteroatoms. The van der Waals surface area contributed by atoms with Crippen LogP contribution in [0.25, 0.3) is 11.3 Å². The van der Waals surface area contributed by atoms with E-state index in [0.29, 0.717) is 22.8 Å². The lowest BCUT2D eigenvalue weighted by Crippen LogP contribution is -2.54. The van der Waals surface area contributed by atoms with Crippen LogP contribution in [-0.4, -0.2) is 46.8 Å². The minimum absolute atomic E-state index is 0.00153. The molecule has 35 heavy (non-hydrogen) atoms. The highest BCUT2D eigenvalue weighted by Gasteiger charge is 2.26. The van der Waals surface area contributed by atoms with Gasteiger partial charge in [0.25, 0.3) is 11.6 Å². The van der Waals surface area contributed by atoms with E-state index in [0.717, 1.165) is 0 Å². The molecule has 1 heterocycles. The predicted octanol–water partition coefficient (Wildman–Crippen LogP) is 2.52. The summed E-state index contributed by atoms with van der Waals surface area (Å²) in [6.45, 7) is 3.26. The average molecular weight is 481 g/mol. The molecule has 0 unspecified atom stereocenters. The van der Waals surface area contributed by atoms with E-state index < -0.39 is 28.2 Å². The average Bonchev–Trinajstić information content (AvgIpc) is 3.37. The Bertz CT molecular complexity index is 1240. The third-order valence-corrected chi connectivity index (χ3v) is 4.85. The molecule has 0 saturated carbocycles. The molecule has 0 aliphatic heterocycles. The zero-order valence-electron chi connectivity index (χ0n) is 19.2. The molecule has 0 radical (unpaired) electrons. The number of non-ortho nitro benzene ring substituents is 1. The lowest BCUT2D eigenvalue weighted by atomic mass is 10.1. The van der Waals surface area contributed by atoms with Gasteiger partial charge in [-0.3, -0.25) is 24.5 Å². The van der Waals surface area contributed by atoms with Gasteiger partial charge in [0.05, 0.1) is 29.3 Å². The van der Waals surface area contributed by atoms with Crippen molar-refractivity contribution in [1.82, 2.24) is 15.6 Å². The van der Waals surface area contributed by atoms with E-state index in [-0.39, 0.29) is 17.8 Å². The third-order valence-electron chi connectivity index (χ3n) is 4.85. The van der Waals surface area contributed by atoms with Gasteiger partial charge in [-0.15, -0.1) is 0 Å². The summed E-state index contributed by atoms with van der Waals surface area (Å²) in [5.41, 5.74) is 0.0640. The van der Waals surface area contributed by atoms with E-state index in [1.54, 1.807) is 32.0 Å². The molecule has 3 amide bonds. The monoisotopic (exact) mass is 481 g/mol. The van der Waals surface area contributed by atoms with Crippen molar-refractivity contribution in [2.45, 2.75) is 19.4 Å². The third kappa shape index (κ3) is 6.41. The second-order valence-corrected chi connectivity index (χ2v) is 8.06. The van der Waals surface area contributed by atoms with E-state index in [9.17, 15) is 24.5 Å². The first-order chi connectivity index (χ1) is 16.6. The highest BCUT2D eigenvalue weighted by atomic mass is 16.6. The number of amides is 3. The van der Waals surface area contributed by atoms with Gasteiger partial charge in [-0.1, -0.05) is 0 Å². The molecule has 0 spiro atoms. The summed E-state index contributed by atoms with van der Waals surface area (Å²) in [7, 11) is 1.46. The Morgan fingerprint density at radius 1 is 1.11 bits per heavy atom. The van der Waals surface area contributed by atoms with Crippen molar-refractivity contribution in [2.75, 3.05) is 19.0 Å². The summed E-state index contributed by atoms with van der Waals surface area (Å²) in [6.07, 6.45) is 2.80. The fourth-order valence-corrected chi connectivity index (χ4v) is 3.06. The summed E-state index contributed by atoms with van der Waals surface area (Å²) in [5.74, 6) is -1.40. The number of benzene rings is 2. The van der Waals surface area contributed by atoms with Gasteiger partial charge in [-0.25, -0.2) is 4.98 Å². The topological polar surface area (TPSA) is 166 Å². The molecule has 0 aliphatic rings. The Labute approximate surface area is 199 Å². The van der Waals surface area contributed by atoms with Crippen molar-refractivity contribution < 1.29 is 28.5 Å². The number of ether oxygens (including phenoxy) is 1. The Morgan fingerprint density at radius 2 is 1.83 bits per heavy atom. The van der Waals surface area contributed by atoms with Crippen LogP contribution in [0.4, 0.5) is 11.4 Å². The number of hydrogen-bond donors (Lipinski definition) is 3. The summed E-state index contributed by atoms with van der Waals surface area (Å²) in [4.78, 5) is 51.2. The van der Waals surface area contributed by atoms with Crippen LogP contribution in [0.1, 0.15) is 24.2 Å². The van der Waals surface area contributed by atoms with Gasteiger partial charge in [-0.05, 0) is 38.1 Å². The number of carbonyl (C=O) groups excluding carboxylic acids is 3. The molecule has 3 aromatic rings. The number of carbonyl (C=O) groups is 3. The van der Waals surface area contributed by atoms with Crippen LogP contribution in [0.15, 0.2) is 59.5 Å². The van der Waals surface area contributed by atoms with Gasteiger partial charge in [0, 0.05) is 36.0 Å². The molecule has 0 atom stereocenters. The number of nitrogens with zero attached hydrogens (tertiary/aromatic N) is 2. The molecule has 0 fully saturated rings. The number of oxazole rings is 1. The Balaban J connectivity index is 1.56. The van der Waals surface area contributed by atoms with Crippen LogP contribution in [0.3, 0.4) is 0 Å². The maximum atomic E-state index is 12.4. The van der Waals surface area contributed by atoms with Crippen LogP contribution < -0.4 is 20.7 Å². The van der Waals surface area contributed by atoms with Crippen molar-refractivity contribution in [3.8, 4) is 17.1 Å². The maximum Gasteiger partial charge on any atom is 0.313 e. The predicted molar refractivity (Wildman–Crippen MR) is 125 cm³/mol. The molecular weight excluding hydrogens is 458 g/mol. The van der Waals surface area contributed by atoms with Crippen molar-refractivity contribution in [1.29, 1.82) is 0 Å². The maximum absolute atomic E-state index is 12.4. The minimum Gasteiger partial charge on any atom is -0.496 e. The molecule has 182 valence electrons. The van der Waals surface area contributed by atoms with E-state index in [1.807, 2.05) is 0 Å².